The Kier molecular flexibility index (Phi) is 4.66. The summed E-state index contributed by atoms with van der Waals surface area (Å²) >= 11 is 0. The van der Waals surface area contributed by atoms with Gasteiger partial charge in [0.2, 0.25) is 0 Å². The third-order valence-corrected chi connectivity index (χ3v) is 6.25. The summed E-state index contributed by atoms with van der Waals surface area (Å²) in [5.41, 5.74) is 9.36. The van der Waals surface area contributed by atoms with Gasteiger partial charge in [-0.3, -0.25) is 4.79 Å². The van der Waals surface area contributed by atoms with E-state index >= 15 is 0 Å². The average Bonchev–Trinajstić information content (AvgIpc) is 3.16. The van der Waals surface area contributed by atoms with E-state index in [-0.39, 0.29) is 5.91 Å². The lowest BCUT2D eigenvalue weighted by molar-refractivity contribution is 0.0735. The number of amides is 1. The van der Waals surface area contributed by atoms with Crippen LogP contribution in [0.2, 0.25) is 0 Å². The lowest BCUT2D eigenvalue weighted by Gasteiger charge is -2.27. The first kappa shape index (κ1) is 18.7. The van der Waals surface area contributed by atoms with Crippen molar-refractivity contribution in [1.82, 2.24) is 9.88 Å². The molecule has 1 aromatic heterocycles. The Morgan fingerprint density at radius 1 is 0.967 bits per heavy atom. The molecule has 1 aliphatic rings. The topological polar surface area (TPSA) is 36.1 Å². The molecule has 0 saturated heterocycles. The van der Waals surface area contributed by atoms with E-state index in [2.05, 4.69) is 73.4 Å². The fraction of sp³-hybridized carbons (Fsp3) is 0.222. The van der Waals surface area contributed by atoms with E-state index in [0.717, 1.165) is 30.5 Å². The fourth-order valence-corrected chi connectivity index (χ4v) is 4.42. The molecule has 0 fully saturated rings. The number of hydrogen-bond donors (Lipinski definition) is 1. The molecule has 0 unspecified atom stereocenters. The van der Waals surface area contributed by atoms with Crippen LogP contribution in [0.5, 0.6) is 0 Å². The fourth-order valence-electron chi connectivity index (χ4n) is 4.42. The number of nitrogens with zero attached hydrogens (tertiary/aromatic N) is 1. The largest absolute Gasteiger partial charge is 0.358 e. The van der Waals surface area contributed by atoms with Gasteiger partial charge in [0.1, 0.15) is 0 Å². The van der Waals surface area contributed by atoms with Gasteiger partial charge in [-0.2, -0.15) is 0 Å². The van der Waals surface area contributed by atoms with E-state index in [1.54, 1.807) is 0 Å². The zero-order valence-corrected chi connectivity index (χ0v) is 17.5. The third kappa shape index (κ3) is 3.30. The molecule has 3 aromatic carbocycles. The number of nitrogens with one attached hydrogen (secondary N) is 1. The number of benzene rings is 3. The highest BCUT2D eigenvalue weighted by atomic mass is 16.2. The maximum absolute atomic E-state index is 13.2. The van der Waals surface area contributed by atoms with Crippen LogP contribution in [0.15, 0.2) is 66.7 Å². The molecule has 2 heterocycles. The van der Waals surface area contributed by atoms with Crippen molar-refractivity contribution in [2.24, 2.45) is 0 Å². The maximum Gasteiger partial charge on any atom is 0.254 e. The first-order valence-corrected chi connectivity index (χ1v) is 10.7. The summed E-state index contributed by atoms with van der Waals surface area (Å²) in [4.78, 5) is 18.7. The van der Waals surface area contributed by atoms with E-state index in [9.17, 15) is 4.79 Å². The van der Waals surface area contributed by atoms with Crippen molar-refractivity contribution in [2.75, 3.05) is 6.54 Å². The van der Waals surface area contributed by atoms with Gasteiger partial charge in [-0.15, -0.1) is 0 Å². The van der Waals surface area contributed by atoms with Gasteiger partial charge in [0.25, 0.3) is 5.91 Å². The van der Waals surface area contributed by atoms with Gasteiger partial charge in [-0.1, -0.05) is 55.0 Å². The van der Waals surface area contributed by atoms with Crippen LogP contribution in [-0.2, 0) is 19.4 Å². The lowest BCUT2D eigenvalue weighted by Crippen LogP contribution is -2.35. The van der Waals surface area contributed by atoms with Gasteiger partial charge < -0.3 is 9.88 Å². The van der Waals surface area contributed by atoms with E-state index < -0.39 is 0 Å². The van der Waals surface area contributed by atoms with E-state index in [1.165, 1.54) is 38.9 Å². The normalized spacial score (nSPS) is 13.5. The van der Waals surface area contributed by atoms with Crippen LogP contribution in [0.3, 0.4) is 0 Å². The summed E-state index contributed by atoms with van der Waals surface area (Å²) in [6.45, 7) is 5.69. The van der Waals surface area contributed by atoms with Gasteiger partial charge in [-0.05, 0) is 54.3 Å². The molecule has 3 heteroatoms. The molecule has 0 bridgehead atoms. The number of aryl methyl sites for hydroxylation is 2. The van der Waals surface area contributed by atoms with Crippen molar-refractivity contribution < 1.29 is 4.79 Å². The van der Waals surface area contributed by atoms with Gasteiger partial charge in [-0.25, -0.2) is 0 Å². The predicted molar refractivity (Wildman–Crippen MR) is 123 cm³/mol. The number of hydrogen-bond acceptors (Lipinski definition) is 1. The molecule has 5 rings (SSSR count). The molecule has 3 nitrogen and oxygen atoms in total. The molecule has 0 spiro atoms. The first-order valence-electron chi connectivity index (χ1n) is 10.7. The van der Waals surface area contributed by atoms with Crippen LogP contribution >= 0.6 is 0 Å². The standard InChI is InChI=1S/C27H26N2O/c1-3-19-5-7-20(8-6-19)21-9-11-22(12-10-21)27(30)29-15-14-26-24(17-29)23-16-18(2)4-13-25(23)28-26/h4-13,16,28H,3,14-15,17H2,1-2H3. The number of fused-ring (bicyclic) bond motifs is 3. The number of carbonyl (C=O) groups excluding carboxylic acids is 1. The number of rotatable bonds is 3. The summed E-state index contributed by atoms with van der Waals surface area (Å²) in [5.74, 6) is 0.107. The summed E-state index contributed by atoms with van der Waals surface area (Å²) in [5, 5.41) is 1.24. The zero-order valence-electron chi connectivity index (χ0n) is 17.5. The molecule has 0 radical (unpaired) electrons. The van der Waals surface area contributed by atoms with Crippen LogP contribution in [-0.4, -0.2) is 22.3 Å². The minimum absolute atomic E-state index is 0.107. The molecule has 1 amide bonds. The van der Waals surface area contributed by atoms with Crippen molar-refractivity contribution in [3.05, 3.63) is 94.7 Å². The molecule has 0 saturated carbocycles. The summed E-state index contributed by atoms with van der Waals surface area (Å²) in [6, 6.07) is 23.2. The Morgan fingerprint density at radius 2 is 1.67 bits per heavy atom. The second kappa shape index (κ2) is 7.49. The molecule has 150 valence electrons. The van der Waals surface area contributed by atoms with Crippen LogP contribution in [0.1, 0.15) is 39.7 Å². The van der Waals surface area contributed by atoms with Crippen molar-refractivity contribution in [3.8, 4) is 11.1 Å². The van der Waals surface area contributed by atoms with Crippen LogP contribution in [0, 0.1) is 6.92 Å². The Balaban J connectivity index is 1.37. The summed E-state index contributed by atoms with van der Waals surface area (Å²) in [6.07, 6.45) is 1.91. The highest BCUT2D eigenvalue weighted by molar-refractivity contribution is 5.95. The summed E-state index contributed by atoms with van der Waals surface area (Å²) in [7, 11) is 0. The number of aromatic amines is 1. The lowest BCUT2D eigenvalue weighted by atomic mass is 10.0. The molecule has 0 atom stereocenters. The van der Waals surface area contributed by atoms with Gasteiger partial charge in [0, 0.05) is 47.2 Å². The first-order chi connectivity index (χ1) is 14.6. The Morgan fingerprint density at radius 3 is 2.37 bits per heavy atom. The predicted octanol–water partition coefficient (Wildman–Crippen LogP) is 5.90. The smallest absolute Gasteiger partial charge is 0.254 e. The van der Waals surface area contributed by atoms with Crippen molar-refractivity contribution in [1.29, 1.82) is 0 Å². The van der Waals surface area contributed by atoms with E-state index in [1.807, 2.05) is 17.0 Å². The Labute approximate surface area is 177 Å². The molecular weight excluding hydrogens is 368 g/mol. The highest BCUT2D eigenvalue weighted by Gasteiger charge is 2.24. The van der Waals surface area contributed by atoms with E-state index in [4.69, 9.17) is 0 Å². The number of carbonyl (C=O) groups is 1. The molecule has 1 N–H and O–H groups in total. The number of H-pyrrole nitrogens is 1. The zero-order chi connectivity index (χ0) is 20.7. The number of aromatic nitrogens is 1. The van der Waals surface area contributed by atoms with Crippen LogP contribution in [0.25, 0.3) is 22.0 Å². The third-order valence-electron chi connectivity index (χ3n) is 6.25. The molecule has 1 aliphatic heterocycles. The molecule has 0 aliphatic carbocycles. The minimum Gasteiger partial charge on any atom is -0.358 e. The van der Waals surface area contributed by atoms with Crippen LogP contribution < -0.4 is 0 Å². The van der Waals surface area contributed by atoms with Crippen LogP contribution in [0.4, 0.5) is 0 Å². The SMILES string of the molecule is CCc1ccc(-c2ccc(C(=O)N3CCc4[nH]c5ccc(C)cc5c4C3)cc2)cc1. The van der Waals surface area contributed by atoms with Gasteiger partial charge in [0.05, 0.1) is 0 Å². The second-order valence-electron chi connectivity index (χ2n) is 8.24. The average molecular weight is 395 g/mol. The second-order valence-corrected chi connectivity index (χ2v) is 8.24. The Bertz CT molecular complexity index is 1220. The van der Waals surface area contributed by atoms with Crippen molar-refractivity contribution in [2.45, 2.75) is 33.2 Å². The summed E-state index contributed by atoms with van der Waals surface area (Å²) < 4.78 is 0. The van der Waals surface area contributed by atoms with Gasteiger partial charge in [0.15, 0.2) is 0 Å². The molecule has 4 aromatic rings. The highest BCUT2D eigenvalue weighted by Crippen LogP contribution is 2.29. The van der Waals surface area contributed by atoms with Gasteiger partial charge >= 0.3 is 0 Å². The van der Waals surface area contributed by atoms with Crippen molar-refractivity contribution in [3.63, 3.8) is 0 Å². The maximum atomic E-state index is 13.2. The van der Waals surface area contributed by atoms with E-state index in [0.29, 0.717) is 6.54 Å². The molecular formula is C27H26N2O. The quantitative estimate of drug-likeness (QED) is 0.461. The minimum atomic E-state index is 0.107. The Hall–Kier alpha value is -3.33. The van der Waals surface area contributed by atoms with Crippen molar-refractivity contribution >= 4 is 16.8 Å². The monoisotopic (exact) mass is 394 g/mol. The molecule has 30 heavy (non-hydrogen) atoms.